The van der Waals surface area contributed by atoms with Crippen LogP contribution in [-0.2, 0) is 19.6 Å². The number of nitriles is 2. The van der Waals surface area contributed by atoms with Gasteiger partial charge in [0.2, 0.25) is 11.9 Å². The van der Waals surface area contributed by atoms with Crippen molar-refractivity contribution in [2.75, 3.05) is 17.8 Å². The molecule has 2 aliphatic heterocycles. The van der Waals surface area contributed by atoms with E-state index < -0.39 is 23.2 Å². The topological polar surface area (TPSA) is 312 Å². The quantitative estimate of drug-likeness (QED) is 0.0529. The lowest BCUT2D eigenvalue weighted by Crippen LogP contribution is -2.45. The van der Waals surface area contributed by atoms with Crippen LogP contribution in [0.15, 0.2) is 115 Å². The summed E-state index contributed by atoms with van der Waals surface area (Å²) >= 11 is 12.7. The van der Waals surface area contributed by atoms with Crippen molar-refractivity contribution < 1.29 is 42.9 Å². The average molecular weight is 1240 g/mol. The second-order valence-corrected chi connectivity index (χ2v) is 25.4. The number of hydrogen-bond donors (Lipinski definition) is 5. The number of rotatable bonds is 13. The average Bonchev–Trinajstić information content (AvgIpc) is 2.10. The number of aromatic carboxylic acids is 1. The maximum Gasteiger partial charge on any atom is 0.335 e. The van der Waals surface area contributed by atoms with Crippen LogP contribution >= 0.6 is 23.2 Å². The van der Waals surface area contributed by atoms with E-state index in [4.69, 9.17) is 60.0 Å². The van der Waals surface area contributed by atoms with E-state index in [1.165, 1.54) is 30.5 Å². The van der Waals surface area contributed by atoms with Crippen LogP contribution in [0.2, 0.25) is 10.0 Å². The Morgan fingerprint density at radius 2 is 1.09 bits per heavy atom. The van der Waals surface area contributed by atoms with E-state index in [1.807, 2.05) is 28.7 Å². The monoisotopic (exact) mass is 1240 g/mol. The van der Waals surface area contributed by atoms with Crippen LogP contribution in [0.4, 0.5) is 27.7 Å². The Balaban J connectivity index is 0.000000245. The lowest BCUT2D eigenvalue weighted by atomic mass is 9.85. The van der Waals surface area contributed by atoms with E-state index in [-0.39, 0.29) is 69.1 Å². The molecular weight excluding hydrogens is 1160 g/mol. The maximum atomic E-state index is 12.3. The normalized spacial score (nSPS) is 16.5. The van der Waals surface area contributed by atoms with Gasteiger partial charge in [0.05, 0.1) is 135 Å². The molecule has 0 spiro atoms. The van der Waals surface area contributed by atoms with Gasteiger partial charge in [-0.3, -0.25) is 23.1 Å². The Hall–Kier alpha value is -7.74. The third kappa shape index (κ3) is 20.8. The van der Waals surface area contributed by atoms with Crippen molar-refractivity contribution >= 4 is 68.3 Å². The number of aromatic nitrogens is 8. The van der Waals surface area contributed by atoms with Gasteiger partial charge in [0.1, 0.15) is 0 Å². The molecule has 7 aromatic rings. The summed E-state index contributed by atoms with van der Waals surface area (Å²) in [7, 11) is -5.02. The summed E-state index contributed by atoms with van der Waals surface area (Å²) in [6.07, 6.45) is 14.1. The standard InChI is InChI=1S/C27H31ClN6O2.C23H26ClN5O3.C7H8O3S.C3H6N2.CH3F/c1-17(13-29)10-23(35)18-6-8-19(9-7-18)24-22(28)15-30-25(33-24)32-20-14-31-34(16-20)21-11-26(2,3)36-27(4,5)12-21;1-22(2)9-17(10-23(3,4)32-22)29-13-16(11-26-29)27-21-25-12-18(24)19(28-21)14-5-7-15(8-6-14)20(30)31;1-6-2-4-7(5-3-6)11(8,9)10;1-3(5)2-4;1-2/h6-9,14-17,21H,10-12H2,1-5H3,(H,30,32,33);5-8,11-13,17H,9-10H2,1-4H3,(H,30,31)(H,25,27,28);2-5H,1H3,(H,8,9,10);3H,5H2,1H3;1H3/t17-;;;3-;/m1..0./s1/i;;;;1D. The number of aryl methyl sites for hydroxylation is 1. The van der Waals surface area contributed by atoms with E-state index in [0.717, 1.165) is 48.2 Å². The number of nitrogens with zero attached hydrogens (tertiary/aromatic N) is 10. The highest BCUT2D eigenvalue weighted by Gasteiger charge is 2.41. The summed E-state index contributed by atoms with van der Waals surface area (Å²) in [5.41, 5.74) is 9.80. The minimum Gasteiger partial charge on any atom is -0.478 e. The molecule has 0 bridgehead atoms. The first-order valence-electron chi connectivity index (χ1n) is 27.8. The van der Waals surface area contributed by atoms with Crippen LogP contribution < -0.4 is 16.4 Å². The summed E-state index contributed by atoms with van der Waals surface area (Å²) < 4.78 is 61.4. The van der Waals surface area contributed by atoms with E-state index in [0.29, 0.717) is 44.5 Å². The molecule has 6 N–H and O–H groups in total. The molecule has 0 saturated carbocycles. The zero-order valence-electron chi connectivity index (χ0n) is 50.9. The van der Waals surface area contributed by atoms with E-state index in [9.17, 15) is 22.4 Å². The molecule has 2 fully saturated rings. The first-order valence-corrected chi connectivity index (χ1v) is 29.3. The minimum atomic E-state index is -4.02. The minimum absolute atomic E-state index is 0.0666. The number of carbonyl (C=O) groups is 2. The van der Waals surface area contributed by atoms with Crippen molar-refractivity contribution in [1.82, 2.24) is 39.5 Å². The van der Waals surface area contributed by atoms with Crippen LogP contribution in [0.3, 0.4) is 0 Å². The lowest BCUT2D eigenvalue weighted by Gasteiger charge is -2.45. The first-order chi connectivity index (χ1) is 40.6. The number of alkyl halides is 1. The fraction of sp³-hybridized carbons (Fsp3) is 0.410. The third-order valence-electron chi connectivity index (χ3n) is 13.1. The number of nitrogens with two attached hydrogens (primary N) is 1. The SMILES string of the molecule is CC1(C)CC(n2cc(Nc3ncc(Cl)c(-c4ccc(C(=O)O)cc4)n3)cn2)CC(C)(C)O1.C[C@@H](C#N)CC(=O)c1ccc(-c2nc(Nc3cnn(C4CC(C)(C)OC(C)(C)C4)c3)ncc2Cl)cc1.C[C@H](N)C#N.Cc1ccc(S(=O)(=O)O)cc1.[2H]CF. The van der Waals surface area contributed by atoms with Gasteiger partial charge in [0.15, 0.2) is 5.78 Å². The van der Waals surface area contributed by atoms with Crippen LogP contribution in [-0.4, -0.2) is 105 Å². The fourth-order valence-corrected chi connectivity index (χ4v) is 10.8. The molecule has 0 radical (unpaired) electrons. The Morgan fingerprint density at radius 3 is 1.43 bits per heavy atom. The van der Waals surface area contributed by atoms with Crippen LogP contribution in [0.25, 0.3) is 22.5 Å². The number of ketones is 1. The number of nitrogens with one attached hydrogen (secondary N) is 2. The first kappa shape index (κ1) is 67.4. The highest BCUT2D eigenvalue weighted by Crippen LogP contribution is 2.42. The molecule has 25 heteroatoms. The molecule has 458 valence electrons. The van der Waals surface area contributed by atoms with Crippen molar-refractivity contribution in [3.63, 3.8) is 0 Å². The van der Waals surface area contributed by atoms with Crippen molar-refractivity contribution in [2.24, 2.45) is 11.7 Å². The van der Waals surface area contributed by atoms with Crippen molar-refractivity contribution in [3.8, 4) is 34.7 Å². The molecule has 0 aliphatic carbocycles. The molecule has 0 amide bonds. The van der Waals surface area contributed by atoms with Gasteiger partial charge in [-0.2, -0.15) is 29.1 Å². The Kier molecular flexibility index (Phi) is 23.2. The van der Waals surface area contributed by atoms with E-state index in [2.05, 4.69) is 102 Å². The third-order valence-corrected chi connectivity index (χ3v) is 14.5. The van der Waals surface area contributed by atoms with Gasteiger partial charge in [-0.1, -0.05) is 77.3 Å². The number of benzene rings is 3. The number of ether oxygens (including phenoxy) is 2. The van der Waals surface area contributed by atoms with E-state index >= 15 is 0 Å². The molecule has 2 aliphatic rings. The second kappa shape index (κ2) is 29.6. The summed E-state index contributed by atoms with van der Waals surface area (Å²) in [5.74, 6) is -0.611. The zero-order chi connectivity index (χ0) is 64.7. The Bertz CT molecular complexity index is 3620. The van der Waals surface area contributed by atoms with Gasteiger partial charge < -0.3 is 30.9 Å². The second-order valence-electron chi connectivity index (χ2n) is 23.1. The summed E-state index contributed by atoms with van der Waals surface area (Å²) in [4.78, 5) is 41.1. The molecule has 86 heavy (non-hydrogen) atoms. The molecule has 2 saturated heterocycles. The van der Waals surface area contributed by atoms with Crippen molar-refractivity contribution in [2.45, 2.75) is 154 Å². The summed E-state index contributed by atoms with van der Waals surface area (Å²) in [6, 6.07) is 23.5. The van der Waals surface area contributed by atoms with Gasteiger partial charge in [-0.05, 0) is 126 Å². The summed E-state index contributed by atoms with van der Waals surface area (Å²) in [6.45, 7) is 22.1. The van der Waals surface area contributed by atoms with E-state index in [1.54, 1.807) is 87.0 Å². The van der Waals surface area contributed by atoms with Crippen molar-refractivity contribution in [1.29, 1.82) is 10.5 Å². The van der Waals surface area contributed by atoms with Gasteiger partial charge in [0.25, 0.3) is 10.1 Å². The van der Waals surface area contributed by atoms with Crippen LogP contribution in [0.5, 0.6) is 0 Å². The molecule has 9 rings (SSSR count). The number of Topliss-reactive ketones (excluding diaryl/α,β-unsaturated/α-hetero) is 1. The Morgan fingerprint density at radius 1 is 0.721 bits per heavy atom. The molecule has 0 unspecified atom stereocenters. The molecule has 2 atom stereocenters. The smallest absolute Gasteiger partial charge is 0.335 e. The van der Waals surface area contributed by atoms with Crippen molar-refractivity contribution in [3.05, 3.63) is 137 Å². The maximum absolute atomic E-state index is 12.3. The molecule has 6 heterocycles. The number of carboxylic acids is 1. The molecule has 21 nitrogen and oxygen atoms in total. The summed E-state index contributed by atoms with van der Waals surface area (Å²) in [5, 5.41) is 42.1. The lowest BCUT2D eigenvalue weighted by molar-refractivity contribution is -0.171. The van der Waals surface area contributed by atoms with Crippen LogP contribution in [0.1, 0.15) is 141 Å². The van der Waals surface area contributed by atoms with Gasteiger partial charge >= 0.3 is 5.97 Å². The predicted molar refractivity (Wildman–Crippen MR) is 329 cm³/mol. The number of carbonyl (C=O) groups excluding carboxylic acids is 1. The largest absolute Gasteiger partial charge is 0.478 e. The number of anilines is 4. The predicted octanol–water partition coefficient (Wildman–Crippen LogP) is 13.4. The Labute approximate surface area is 513 Å². The molecule has 4 aromatic heterocycles. The fourth-order valence-electron chi connectivity index (χ4n) is 9.91. The van der Waals surface area contributed by atoms with Gasteiger partial charge in [0, 0.05) is 35.5 Å². The number of hydrogen-bond acceptors (Lipinski definition) is 17. The molecular formula is C61H74Cl2FN13O8S. The highest BCUT2D eigenvalue weighted by atomic mass is 35.5. The molecule has 3 aromatic carbocycles. The highest BCUT2D eigenvalue weighted by molar-refractivity contribution is 7.85. The number of carboxylic acid groups (broad SMARTS) is 1. The number of halogens is 3. The van der Waals surface area contributed by atoms with Gasteiger partial charge in [-0.25, -0.2) is 24.7 Å². The van der Waals surface area contributed by atoms with Crippen LogP contribution in [0, 0.1) is 35.5 Å². The zero-order valence-corrected chi connectivity index (χ0v) is 52.2. The van der Waals surface area contributed by atoms with Gasteiger partial charge in [-0.15, -0.1) is 0 Å².